The first kappa shape index (κ1) is 26.6. The van der Waals surface area contributed by atoms with E-state index in [1.54, 1.807) is 16.4 Å². The van der Waals surface area contributed by atoms with Gasteiger partial charge in [0.05, 0.1) is 5.69 Å². The highest BCUT2D eigenvalue weighted by Crippen LogP contribution is 2.18. The first-order chi connectivity index (χ1) is 15.4. The molecule has 0 aliphatic heterocycles. The summed E-state index contributed by atoms with van der Waals surface area (Å²) in [5.41, 5.74) is 1.86. The van der Waals surface area contributed by atoms with Crippen LogP contribution in [0.15, 0.2) is 59.8 Å². The highest BCUT2D eigenvalue weighted by atomic mass is 35.5. The number of para-hydroxylation sites is 1. The van der Waals surface area contributed by atoms with E-state index >= 15 is 0 Å². The van der Waals surface area contributed by atoms with Gasteiger partial charge in [-0.15, -0.1) is 17.5 Å². The third-order valence-electron chi connectivity index (χ3n) is 4.31. The summed E-state index contributed by atoms with van der Waals surface area (Å²) < 4.78 is 7.31. The molecule has 33 heavy (non-hydrogen) atoms. The van der Waals surface area contributed by atoms with Gasteiger partial charge in [-0.05, 0) is 74.0 Å². The van der Waals surface area contributed by atoms with Crippen molar-refractivity contribution < 1.29 is 9.53 Å². The van der Waals surface area contributed by atoms with E-state index in [0.29, 0.717) is 5.75 Å². The third-order valence-corrected chi connectivity index (χ3v) is 5.31. The van der Waals surface area contributed by atoms with E-state index < -0.39 is 0 Å². The van der Waals surface area contributed by atoms with E-state index in [0.717, 1.165) is 41.7 Å². The van der Waals surface area contributed by atoms with Crippen LogP contribution in [0.2, 0.25) is 0 Å². The summed E-state index contributed by atoms with van der Waals surface area (Å²) in [4.78, 5) is 11.8. The van der Waals surface area contributed by atoms with E-state index in [2.05, 4.69) is 26.2 Å². The van der Waals surface area contributed by atoms with Crippen molar-refractivity contribution in [1.29, 1.82) is 0 Å². The van der Waals surface area contributed by atoms with Gasteiger partial charge in [0.1, 0.15) is 5.75 Å². The maximum Gasteiger partial charge on any atom is 0.258 e. The zero-order chi connectivity index (χ0) is 22.8. The summed E-state index contributed by atoms with van der Waals surface area (Å²) in [6, 6.07) is 17.7. The molecule has 0 aliphatic carbocycles. The summed E-state index contributed by atoms with van der Waals surface area (Å²) in [5, 5.41) is 19.1. The quantitative estimate of drug-likeness (QED) is 0.313. The van der Waals surface area contributed by atoms with Crippen molar-refractivity contribution in [3.63, 3.8) is 0 Å². The minimum absolute atomic E-state index is 0. The molecule has 10 heteroatoms. The van der Waals surface area contributed by atoms with Gasteiger partial charge in [-0.1, -0.05) is 42.1 Å². The van der Waals surface area contributed by atoms with Crippen molar-refractivity contribution in [1.82, 2.24) is 30.8 Å². The number of thioether (sulfide) groups is 1. The first-order valence-electron chi connectivity index (χ1n) is 10.6. The Hall–Kier alpha value is -2.62. The normalized spacial score (nSPS) is 11.0. The van der Waals surface area contributed by atoms with Gasteiger partial charge in [-0.3, -0.25) is 4.79 Å². The van der Waals surface area contributed by atoms with Crippen LogP contribution in [0.3, 0.4) is 0 Å². The lowest BCUT2D eigenvalue weighted by atomic mass is 10.1. The molecule has 2 N–H and O–H groups in total. The lowest BCUT2D eigenvalue weighted by Gasteiger charge is -2.20. The monoisotopic (exact) mass is 490 g/mol. The molecule has 8 nitrogen and oxygen atoms in total. The molecule has 0 saturated heterocycles. The Morgan fingerprint density at radius 3 is 2.52 bits per heavy atom. The number of nitrogens with one attached hydrogen (secondary N) is 2. The van der Waals surface area contributed by atoms with Crippen molar-refractivity contribution in [2.45, 2.75) is 44.4 Å². The Bertz CT molecular complexity index is 977. The number of rotatable bonds is 11. The molecule has 2 aromatic carbocycles. The number of tetrazole rings is 1. The van der Waals surface area contributed by atoms with E-state index in [1.165, 1.54) is 0 Å². The summed E-state index contributed by atoms with van der Waals surface area (Å²) in [6.07, 6.45) is 0.996. The molecule has 178 valence electrons. The van der Waals surface area contributed by atoms with Gasteiger partial charge in [-0.25, -0.2) is 0 Å². The second-order valence-electron chi connectivity index (χ2n) is 8.32. The minimum atomic E-state index is -0.259. The van der Waals surface area contributed by atoms with E-state index in [9.17, 15) is 4.79 Å². The number of carbonyl (C=O) groups is 1. The van der Waals surface area contributed by atoms with Crippen LogP contribution in [0, 0.1) is 0 Å². The second-order valence-corrected chi connectivity index (χ2v) is 9.38. The Kier molecular flexibility index (Phi) is 10.6. The molecule has 0 unspecified atom stereocenters. The zero-order valence-electron chi connectivity index (χ0n) is 19.2. The molecule has 0 bridgehead atoms. The van der Waals surface area contributed by atoms with Gasteiger partial charge >= 0.3 is 0 Å². The van der Waals surface area contributed by atoms with Crippen LogP contribution >= 0.6 is 24.2 Å². The van der Waals surface area contributed by atoms with E-state index in [4.69, 9.17) is 4.74 Å². The maximum absolute atomic E-state index is 11.8. The van der Waals surface area contributed by atoms with E-state index in [1.807, 2.05) is 75.4 Å². The smallest absolute Gasteiger partial charge is 0.258 e. The topological polar surface area (TPSA) is 94.0 Å². The number of carbonyl (C=O) groups excluding carboxylic acids is 1. The SMILES string of the molecule is CC(C)(C)NC(=O)COc1ccc(CNCCCSc2nnnn2-c2ccccc2)cc1.Cl. The molecule has 1 aromatic heterocycles. The largest absolute Gasteiger partial charge is 0.484 e. The highest BCUT2D eigenvalue weighted by Gasteiger charge is 2.14. The average Bonchev–Trinajstić information content (AvgIpc) is 3.23. The van der Waals surface area contributed by atoms with Crippen LogP contribution in [0.25, 0.3) is 5.69 Å². The number of benzene rings is 2. The number of aromatic nitrogens is 4. The average molecular weight is 491 g/mol. The Balaban J connectivity index is 0.00000385. The third kappa shape index (κ3) is 9.41. The van der Waals surface area contributed by atoms with Gasteiger partial charge in [-0.2, -0.15) is 4.68 Å². The molecular formula is C23H31ClN6O2S. The number of amides is 1. The van der Waals surface area contributed by atoms with Gasteiger partial charge in [0, 0.05) is 17.8 Å². The van der Waals surface area contributed by atoms with Gasteiger partial charge in [0.25, 0.3) is 5.91 Å². The minimum Gasteiger partial charge on any atom is -0.484 e. The van der Waals surface area contributed by atoms with Gasteiger partial charge in [0.2, 0.25) is 5.16 Å². The van der Waals surface area contributed by atoms with E-state index in [-0.39, 0.29) is 30.5 Å². The van der Waals surface area contributed by atoms with Crippen LogP contribution in [0.4, 0.5) is 0 Å². The molecule has 3 aromatic rings. The van der Waals surface area contributed by atoms with Gasteiger partial charge < -0.3 is 15.4 Å². The van der Waals surface area contributed by atoms with Crippen LogP contribution in [0.1, 0.15) is 32.8 Å². The van der Waals surface area contributed by atoms with Crippen LogP contribution in [-0.4, -0.2) is 50.6 Å². The van der Waals surface area contributed by atoms with Crippen molar-refractivity contribution in [3.8, 4) is 11.4 Å². The highest BCUT2D eigenvalue weighted by molar-refractivity contribution is 7.99. The Labute approximate surface area is 205 Å². The van der Waals surface area contributed by atoms with Crippen LogP contribution in [0.5, 0.6) is 5.75 Å². The number of nitrogens with zero attached hydrogens (tertiary/aromatic N) is 4. The fourth-order valence-electron chi connectivity index (χ4n) is 2.90. The van der Waals surface area contributed by atoms with Crippen molar-refractivity contribution >= 4 is 30.1 Å². The molecule has 0 aliphatic rings. The Morgan fingerprint density at radius 1 is 1.09 bits per heavy atom. The molecule has 0 atom stereocenters. The predicted molar refractivity (Wildman–Crippen MR) is 133 cm³/mol. The second kappa shape index (κ2) is 13.2. The lowest BCUT2D eigenvalue weighted by Crippen LogP contribution is -2.43. The number of ether oxygens (including phenoxy) is 1. The number of hydrogen-bond donors (Lipinski definition) is 2. The maximum atomic E-state index is 11.8. The molecular weight excluding hydrogens is 460 g/mol. The number of hydrogen-bond acceptors (Lipinski definition) is 7. The summed E-state index contributed by atoms with van der Waals surface area (Å²) in [5.74, 6) is 1.48. The molecule has 3 rings (SSSR count). The molecule has 0 spiro atoms. The molecule has 1 amide bonds. The Morgan fingerprint density at radius 2 is 1.82 bits per heavy atom. The molecule has 0 saturated carbocycles. The molecule has 0 fully saturated rings. The van der Waals surface area contributed by atoms with Crippen LogP contribution in [-0.2, 0) is 11.3 Å². The van der Waals surface area contributed by atoms with Crippen LogP contribution < -0.4 is 15.4 Å². The zero-order valence-corrected chi connectivity index (χ0v) is 20.8. The number of halogens is 1. The van der Waals surface area contributed by atoms with Crippen molar-refractivity contribution in [2.75, 3.05) is 18.9 Å². The fraction of sp³-hybridized carbons (Fsp3) is 0.391. The molecule has 1 heterocycles. The van der Waals surface area contributed by atoms with Crippen molar-refractivity contribution in [2.24, 2.45) is 0 Å². The standard InChI is InChI=1S/C23H30N6O2S.ClH/c1-23(2,3)25-21(30)17-31-20-12-10-18(11-13-20)16-24-14-7-15-32-22-26-27-28-29(22)19-8-5-4-6-9-19;/h4-6,8-13,24H,7,14-17H2,1-3H3,(H,25,30);1H. The summed E-state index contributed by atoms with van der Waals surface area (Å²) in [7, 11) is 0. The van der Waals surface area contributed by atoms with Gasteiger partial charge in [0.15, 0.2) is 6.61 Å². The predicted octanol–water partition coefficient (Wildman–Crippen LogP) is 3.65. The molecule has 0 radical (unpaired) electrons. The first-order valence-corrected chi connectivity index (χ1v) is 11.6. The summed E-state index contributed by atoms with van der Waals surface area (Å²) in [6.45, 7) is 7.51. The summed E-state index contributed by atoms with van der Waals surface area (Å²) >= 11 is 1.65. The van der Waals surface area contributed by atoms with Crippen molar-refractivity contribution in [3.05, 3.63) is 60.2 Å². The lowest BCUT2D eigenvalue weighted by molar-refractivity contribution is -0.124. The fourth-order valence-corrected chi connectivity index (χ4v) is 3.73.